The normalized spacial score (nSPS) is 20.1. The van der Waals surface area contributed by atoms with Gasteiger partial charge >= 0.3 is 5.97 Å². The summed E-state index contributed by atoms with van der Waals surface area (Å²) in [4.78, 5) is 30.1. The number of fused-ring (bicyclic) bond motifs is 4. The zero-order valence-electron chi connectivity index (χ0n) is 18.9. The van der Waals surface area contributed by atoms with Crippen LogP contribution in [0, 0.1) is 5.92 Å². The second-order valence-corrected chi connectivity index (χ2v) is 9.80. The quantitative estimate of drug-likeness (QED) is 0.746. The molecule has 0 bridgehead atoms. The number of allylic oxidation sites excluding steroid dienone is 2. The molecule has 2 unspecified atom stereocenters. The van der Waals surface area contributed by atoms with Crippen molar-refractivity contribution in [2.24, 2.45) is 5.92 Å². The molecule has 1 aliphatic heterocycles. The number of aliphatic hydroxyl groups is 1. The van der Waals surface area contributed by atoms with Crippen LogP contribution < -0.4 is 0 Å². The molecule has 31 heavy (non-hydrogen) atoms. The molecule has 164 valence electrons. The molecule has 2 aliphatic rings. The first kappa shape index (κ1) is 21.5. The smallest absolute Gasteiger partial charge is 0.309 e. The highest BCUT2D eigenvalue weighted by molar-refractivity contribution is 6.07. The van der Waals surface area contributed by atoms with Gasteiger partial charge in [0.2, 0.25) is 5.78 Å². The van der Waals surface area contributed by atoms with Gasteiger partial charge in [0.1, 0.15) is 11.3 Å². The van der Waals surface area contributed by atoms with Crippen molar-refractivity contribution >= 4 is 28.9 Å². The van der Waals surface area contributed by atoms with Crippen molar-refractivity contribution in [1.29, 1.82) is 0 Å². The number of ketones is 1. The third kappa shape index (κ3) is 4.09. The molecule has 0 saturated heterocycles. The predicted molar refractivity (Wildman–Crippen MR) is 120 cm³/mol. The van der Waals surface area contributed by atoms with E-state index in [1.807, 2.05) is 25.4 Å². The van der Waals surface area contributed by atoms with Crippen LogP contribution >= 0.6 is 0 Å². The first-order valence-electron chi connectivity index (χ1n) is 10.9. The highest BCUT2D eigenvalue weighted by Gasteiger charge is 2.37. The summed E-state index contributed by atoms with van der Waals surface area (Å²) in [5, 5.41) is 12.3. The molecule has 6 heteroatoms. The van der Waals surface area contributed by atoms with Gasteiger partial charge in [0.05, 0.1) is 17.5 Å². The molecule has 6 nitrogen and oxygen atoms in total. The van der Waals surface area contributed by atoms with Crippen molar-refractivity contribution in [3.63, 3.8) is 0 Å². The van der Waals surface area contributed by atoms with Gasteiger partial charge in [0.25, 0.3) is 0 Å². The topological polar surface area (TPSA) is 81.4 Å². The standard InChI is InChI=1S/C25H30N2O4/c1-6-25(30,13-21(29)31-24(3,4)5)18-11-16-10-17-14-27-8-7-15(2)9-19(27)22(17)26-23(16)20(28)12-18/h7-8,10,12,14-15,30H,6,9,11,13H2,1-5H3. The van der Waals surface area contributed by atoms with Gasteiger partial charge in [0.15, 0.2) is 0 Å². The molecule has 4 rings (SSSR count). The van der Waals surface area contributed by atoms with E-state index >= 15 is 0 Å². The Balaban J connectivity index is 1.67. The fraction of sp³-hybridized carbons (Fsp3) is 0.480. The second kappa shape index (κ2) is 7.45. The van der Waals surface area contributed by atoms with E-state index in [0.29, 0.717) is 30.0 Å². The Morgan fingerprint density at radius 3 is 2.77 bits per heavy atom. The molecule has 2 aromatic rings. The van der Waals surface area contributed by atoms with Crippen LogP contribution in [0.25, 0.3) is 17.1 Å². The van der Waals surface area contributed by atoms with Crippen molar-refractivity contribution in [3.05, 3.63) is 46.9 Å². The van der Waals surface area contributed by atoms with Gasteiger partial charge in [-0.2, -0.15) is 0 Å². The number of esters is 1. The van der Waals surface area contributed by atoms with Crippen molar-refractivity contribution in [2.75, 3.05) is 0 Å². The molecule has 2 atom stereocenters. The molecule has 0 saturated carbocycles. The third-order valence-electron chi connectivity index (χ3n) is 6.04. The third-order valence-corrected chi connectivity index (χ3v) is 6.04. The van der Waals surface area contributed by atoms with Gasteiger partial charge in [-0.25, -0.2) is 4.98 Å². The maximum atomic E-state index is 13.0. The molecule has 0 amide bonds. The fourth-order valence-corrected chi connectivity index (χ4v) is 4.41. The largest absolute Gasteiger partial charge is 0.460 e. The minimum atomic E-state index is -1.43. The summed E-state index contributed by atoms with van der Waals surface area (Å²) in [7, 11) is 0. The van der Waals surface area contributed by atoms with Crippen molar-refractivity contribution in [3.8, 4) is 0 Å². The van der Waals surface area contributed by atoms with Crippen molar-refractivity contribution in [1.82, 2.24) is 9.55 Å². The summed E-state index contributed by atoms with van der Waals surface area (Å²) >= 11 is 0. The van der Waals surface area contributed by atoms with Crippen LogP contribution in [0.5, 0.6) is 0 Å². The van der Waals surface area contributed by atoms with Gasteiger partial charge in [0, 0.05) is 23.5 Å². The fourth-order valence-electron chi connectivity index (χ4n) is 4.41. The molecular formula is C25H30N2O4. The number of rotatable bonds is 4. The summed E-state index contributed by atoms with van der Waals surface area (Å²) < 4.78 is 7.48. The number of pyridine rings is 1. The maximum absolute atomic E-state index is 13.0. The van der Waals surface area contributed by atoms with Crippen LogP contribution in [0.1, 0.15) is 69.2 Å². The molecule has 2 aromatic heterocycles. The first-order chi connectivity index (χ1) is 14.5. The molecule has 1 N–H and O–H groups in total. The minimum Gasteiger partial charge on any atom is -0.460 e. The van der Waals surface area contributed by atoms with Crippen LogP contribution in [0.3, 0.4) is 0 Å². The van der Waals surface area contributed by atoms with Gasteiger partial charge in [-0.15, -0.1) is 0 Å². The average Bonchev–Trinajstić information content (AvgIpc) is 3.01. The number of carbonyl (C=O) groups excluding carboxylic acids is 2. The predicted octanol–water partition coefficient (Wildman–Crippen LogP) is 4.24. The van der Waals surface area contributed by atoms with E-state index in [-0.39, 0.29) is 12.2 Å². The van der Waals surface area contributed by atoms with E-state index in [9.17, 15) is 14.7 Å². The Kier molecular flexibility index (Phi) is 5.16. The van der Waals surface area contributed by atoms with Crippen molar-refractivity contribution < 1.29 is 19.4 Å². The Labute approximate surface area is 182 Å². The van der Waals surface area contributed by atoms with E-state index in [2.05, 4.69) is 17.6 Å². The molecular weight excluding hydrogens is 392 g/mol. The van der Waals surface area contributed by atoms with E-state index in [0.717, 1.165) is 28.6 Å². The first-order valence-corrected chi connectivity index (χ1v) is 10.9. The number of ether oxygens (including phenoxy) is 1. The Hall–Kier alpha value is -2.73. The van der Waals surface area contributed by atoms with E-state index in [1.54, 1.807) is 20.8 Å². The van der Waals surface area contributed by atoms with Gasteiger partial charge in [-0.1, -0.05) is 19.9 Å². The van der Waals surface area contributed by atoms with Crippen LogP contribution in [0.2, 0.25) is 0 Å². The molecule has 3 heterocycles. The average molecular weight is 423 g/mol. The lowest BCUT2D eigenvalue weighted by molar-refractivity contribution is -0.159. The number of hydrogen-bond acceptors (Lipinski definition) is 5. The zero-order valence-corrected chi connectivity index (χ0v) is 18.9. The Morgan fingerprint density at radius 2 is 2.10 bits per heavy atom. The highest BCUT2D eigenvalue weighted by atomic mass is 16.6. The lowest BCUT2D eigenvalue weighted by Crippen LogP contribution is -2.38. The molecule has 1 aliphatic carbocycles. The van der Waals surface area contributed by atoms with Crippen LogP contribution in [0.15, 0.2) is 30.0 Å². The number of nitrogens with zero attached hydrogens (tertiary/aromatic N) is 2. The molecule has 0 fully saturated rings. The summed E-state index contributed by atoms with van der Waals surface area (Å²) in [6, 6.07) is 2.00. The monoisotopic (exact) mass is 422 g/mol. The van der Waals surface area contributed by atoms with Crippen molar-refractivity contribution in [2.45, 2.75) is 71.5 Å². The molecule has 0 spiro atoms. The summed E-state index contributed by atoms with van der Waals surface area (Å²) in [5.41, 5.74) is 1.67. The number of carbonyl (C=O) groups is 2. The lowest BCUT2D eigenvalue weighted by atomic mass is 9.80. The van der Waals surface area contributed by atoms with Crippen LogP contribution in [-0.4, -0.2) is 37.6 Å². The minimum absolute atomic E-state index is 0.186. The molecule has 0 aromatic carbocycles. The second-order valence-electron chi connectivity index (χ2n) is 9.80. The highest BCUT2D eigenvalue weighted by Crippen LogP contribution is 2.35. The maximum Gasteiger partial charge on any atom is 0.309 e. The van der Waals surface area contributed by atoms with Crippen LogP contribution in [0.4, 0.5) is 0 Å². The lowest BCUT2D eigenvalue weighted by Gasteiger charge is -2.32. The zero-order chi connectivity index (χ0) is 22.6. The summed E-state index contributed by atoms with van der Waals surface area (Å²) in [6.45, 7) is 9.34. The summed E-state index contributed by atoms with van der Waals surface area (Å²) in [5.74, 6) is -0.280. The number of hydrogen-bond donors (Lipinski definition) is 1. The Morgan fingerprint density at radius 1 is 1.35 bits per heavy atom. The van der Waals surface area contributed by atoms with E-state index < -0.39 is 17.2 Å². The molecule has 0 radical (unpaired) electrons. The number of aromatic nitrogens is 2. The van der Waals surface area contributed by atoms with E-state index in [4.69, 9.17) is 9.72 Å². The van der Waals surface area contributed by atoms with Gasteiger partial charge in [-0.05, 0) is 69.2 Å². The van der Waals surface area contributed by atoms with Crippen LogP contribution in [-0.2, 0) is 22.4 Å². The van der Waals surface area contributed by atoms with E-state index in [1.165, 1.54) is 6.08 Å². The Bertz CT molecular complexity index is 1130. The van der Waals surface area contributed by atoms with Gasteiger partial charge < -0.3 is 14.4 Å². The summed E-state index contributed by atoms with van der Waals surface area (Å²) in [6.07, 6.45) is 9.08. The SMILES string of the molecule is CCC(O)(CC(=O)OC(C)(C)C)C1=CC(=O)c2nc3c4n(cc3cc2C1)C=CC(C)C4. The van der Waals surface area contributed by atoms with Gasteiger partial charge in [-0.3, -0.25) is 9.59 Å².